The second kappa shape index (κ2) is 7.51. The van der Waals surface area contributed by atoms with Gasteiger partial charge in [-0.1, -0.05) is 0 Å². The lowest BCUT2D eigenvalue weighted by Crippen LogP contribution is -2.26. The Kier molecular flexibility index (Phi) is 5.65. The topological polar surface area (TPSA) is 47.4 Å². The number of aromatic nitrogens is 2. The van der Waals surface area contributed by atoms with Crippen LogP contribution in [0.2, 0.25) is 0 Å². The quantitative estimate of drug-likeness (QED) is 0.814. The van der Waals surface area contributed by atoms with Gasteiger partial charge in [-0.2, -0.15) is 5.10 Å². The van der Waals surface area contributed by atoms with Crippen LogP contribution in [0.1, 0.15) is 48.1 Å². The molecule has 5 heteroatoms. The molecule has 1 aromatic carbocycles. The number of benzene rings is 1. The van der Waals surface area contributed by atoms with Crippen molar-refractivity contribution in [3.05, 3.63) is 46.8 Å². The van der Waals surface area contributed by atoms with Crippen molar-refractivity contribution in [1.82, 2.24) is 14.7 Å². The average molecular weight is 329 g/mol. The molecule has 1 heterocycles. The van der Waals surface area contributed by atoms with Crippen molar-refractivity contribution >= 4 is 5.91 Å². The zero-order valence-electron chi connectivity index (χ0n) is 15.5. The molecule has 0 radical (unpaired) electrons. The molecule has 1 amide bonds. The Hall–Kier alpha value is -2.30. The second-order valence-corrected chi connectivity index (χ2v) is 6.32. The molecule has 5 nitrogen and oxygen atoms in total. The van der Waals surface area contributed by atoms with Crippen LogP contribution in [0.5, 0.6) is 5.75 Å². The molecule has 130 valence electrons. The standard InChI is InChI=1S/C19H27N3O2/c1-7-22-15(5)18(14(4)20-22)12-21(6)19(23)16-8-10-17(11-9-16)24-13(2)3/h8-11,13H,7,12H2,1-6H3. The molecule has 0 atom stereocenters. The third-order valence-electron chi connectivity index (χ3n) is 4.05. The van der Waals surface area contributed by atoms with Crippen LogP contribution >= 0.6 is 0 Å². The minimum atomic E-state index is -0.00542. The first-order chi connectivity index (χ1) is 11.3. The lowest BCUT2D eigenvalue weighted by molar-refractivity contribution is 0.0784. The molecular weight excluding hydrogens is 302 g/mol. The Balaban J connectivity index is 2.11. The van der Waals surface area contributed by atoms with Gasteiger partial charge < -0.3 is 9.64 Å². The first-order valence-electron chi connectivity index (χ1n) is 8.38. The summed E-state index contributed by atoms with van der Waals surface area (Å²) >= 11 is 0. The van der Waals surface area contributed by atoms with Crippen LogP contribution < -0.4 is 4.74 Å². The summed E-state index contributed by atoms with van der Waals surface area (Å²) in [5, 5.41) is 4.52. The van der Waals surface area contributed by atoms with Crippen molar-refractivity contribution in [2.75, 3.05) is 7.05 Å². The van der Waals surface area contributed by atoms with Gasteiger partial charge in [0.15, 0.2) is 0 Å². The Bertz CT molecular complexity index is 702. The zero-order valence-corrected chi connectivity index (χ0v) is 15.5. The van der Waals surface area contributed by atoms with Crippen LogP contribution in [0.3, 0.4) is 0 Å². The van der Waals surface area contributed by atoms with Gasteiger partial charge >= 0.3 is 0 Å². The first-order valence-corrected chi connectivity index (χ1v) is 8.38. The molecule has 2 rings (SSSR count). The van der Waals surface area contributed by atoms with Crippen molar-refractivity contribution in [2.24, 2.45) is 0 Å². The van der Waals surface area contributed by atoms with Crippen molar-refractivity contribution in [3.63, 3.8) is 0 Å². The Labute approximate surface area is 144 Å². The van der Waals surface area contributed by atoms with Gasteiger partial charge in [-0.15, -0.1) is 0 Å². The second-order valence-electron chi connectivity index (χ2n) is 6.32. The van der Waals surface area contributed by atoms with E-state index in [0.717, 1.165) is 29.2 Å². The Morgan fingerprint density at radius 3 is 2.38 bits per heavy atom. The molecule has 0 aliphatic heterocycles. The van der Waals surface area contributed by atoms with E-state index in [1.165, 1.54) is 0 Å². The van der Waals surface area contributed by atoms with Crippen LogP contribution in [-0.2, 0) is 13.1 Å². The van der Waals surface area contributed by atoms with Gasteiger partial charge in [0.05, 0.1) is 11.8 Å². The zero-order chi connectivity index (χ0) is 17.9. The number of hydrogen-bond acceptors (Lipinski definition) is 3. The van der Waals surface area contributed by atoms with Crippen molar-refractivity contribution < 1.29 is 9.53 Å². The molecule has 0 fully saturated rings. The normalized spacial score (nSPS) is 11.0. The monoisotopic (exact) mass is 329 g/mol. The molecule has 0 spiro atoms. The molecule has 1 aromatic heterocycles. The smallest absolute Gasteiger partial charge is 0.253 e. The molecular formula is C19H27N3O2. The molecule has 0 saturated heterocycles. The third kappa shape index (κ3) is 3.96. The van der Waals surface area contributed by atoms with E-state index < -0.39 is 0 Å². The highest BCUT2D eigenvalue weighted by atomic mass is 16.5. The molecule has 24 heavy (non-hydrogen) atoms. The van der Waals surface area contributed by atoms with Crippen LogP contribution in [0, 0.1) is 13.8 Å². The highest BCUT2D eigenvalue weighted by Crippen LogP contribution is 2.18. The summed E-state index contributed by atoms with van der Waals surface area (Å²) < 4.78 is 7.59. The number of rotatable bonds is 6. The van der Waals surface area contributed by atoms with Crippen LogP contribution in [0.4, 0.5) is 0 Å². The minimum Gasteiger partial charge on any atom is -0.491 e. The maximum Gasteiger partial charge on any atom is 0.253 e. The summed E-state index contributed by atoms with van der Waals surface area (Å²) in [6.07, 6.45) is 0.121. The first kappa shape index (κ1) is 18.0. The van der Waals surface area contributed by atoms with E-state index >= 15 is 0 Å². The van der Waals surface area contributed by atoms with Crippen LogP contribution in [0.15, 0.2) is 24.3 Å². The predicted molar refractivity (Wildman–Crippen MR) is 95.4 cm³/mol. The fraction of sp³-hybridized carbons (Fsp3) is 0.474. The molecule has 0 bridgehead atoms. The van der Waals surface area contributed by atoms with Gasteiger partial charge in [-0.05, 0) is 58.9 Å². The van der Waals surface area contributed by atoms with Crippen LogP contribution in [-0.4, -0.2) is 33.7 Å². The SMILES string of the molecule is CCn1nc(C)c(CN(C)C(=O)c2ccc(OC(C)C)cc2)c1C. The van der Waals surface area contributed by atoms with Crippen molar-refractivity contribution in [1.29, 1.82) is 0 Å². The van der Waals surface area contributed by atoms with Crippen molar-refractivity contribution in [3.8, 4) is 5.75 Å². The Morgan fingerprint density at radius 2 is 1.88 bits per heavy atom. The highest BCUT2D eigenvalue weighted by Gasteiger charge is 2.17. The van der Waals surface area contributed by atoms with Gasteiger partial charge in [0.1, 0.15) is 5.75 Å². The predicted octanol–water partition coefficient (Wildman–Crippen LogP) is 3.58. The highest BCUT2D eigenvalue weighted by molar-refractivity contribution is 5.94. The van der Waals surface area contributed by atoms with E-state index in [-0.39, 0.29) is 12.0 Å². The summed E-state index contributed by atoms with van der Waals surface area (Å²) in [5.41, 5.74) is 3.88. The van der Waals surface area contributed by atoms with E-state index in [0.29, 0.717) is 12.1 Å². The largest absolute Gasteiger partial charge is 0.491 e. The summed E-state index contributed by atoms with van der Waals surface area (Å²) in [7, 11) is 1.82. The number of hydrogen-bond donors (Lipinski definition) is 0. The van der Waals surface area contributed by atoms with Crippen molar-refractivity contribution in [2.45, 2.75) is 53.8 Å². The summed E-state index contributed by atoms with van der Waals surface area (Å²) in [4.78, 5) is 14.4. The number of aryl methyl sites for hydroxylation is 2. The van der Waals surface area contributed by atoms with E-state index in [2.05, 4.69) is 18.9 Å². The van der Waals surface area contributed by atoms with E-state index in [1.54, 1.807) is 4.90 Å². The number of ether oxygens (including phenoxy) is 1. The van der Waals surface area contributed by atoms with Gasteiger partial charge in [0.2, 0.25) is 0 Å². The van der Waals surface area contributed by atoms with Gasteiger partial charge in [-0.3, -0.25) is 9.48 Å². The minimum absolute atomic E-state index is 0.00542. The summed E-state index contributed by atoms with van der Waals surface area (Å²) in [6.45, 7) is 11.5. The lowest BCUT2D eigenvalue weighted by Gasteiger charge is -2.18. The van der Waals surface area contributed by atoms with E-state index in [9.17, 15) is 4.79 Å². The fourth-order valence-corrected chi connectivity index (χ4v) is 2.75. The fourth-order valence-electron chi connectivity index (χ4n) is 2.75. The van der Waals surface area contributed by atoms with Crippen LogP contribution in [0.25, 0.3) is 0 Å². The maximum atomic E-state index is 12.6. The summed E-state index contributed by atoms with van der Waals surface area (Å²) in [5.74, 6) is 0.772. The molecule has 0 aliphatic rings. The number of carbonyl (C=O) groups excluding carboxylic acids is 1. The molecule has 0 unspecified atom stereocenters. The maximum absolute atomic E-state index is 12.6. The lowest BCUT2D eigenvalue weighted by atomic mass is 10.1. The third-order valence-corrected chi connectivity index (χ3v) is 4.05. The number of carbonyl (C=O) groups is 1. The molecule has 2 aromatic rings. The Morgan fingerprint density at radius 1 is 1.25 bits per heavy atom. The van der Waals surface area contributed by atoms with E-state index in [1.807, 2.05) is 56.8 Å². The molecule has 0 N–H and O–H groups in total. The number of nitrogens with zero attached hydrogens (tertiary/aromatic N) is 3. The van der Waals surface area contributed by atoms with Gasteiger partial charge in [0.25, 0.3) is 5.91 Å². The van der Waals surface area contributed by atoms with Gasteiger partial charge in [-0.25, -0.2) is 0 Å². The molecule has 0 aliphatic carbocycles. The van der Waals surface area contributed by atoms with E-state index in [4.69, 9.17) is 4.74 Å². The average Bonchev–Trinajstić information content (AvgIpc) is 2.81. The number of amides is 1. The van der Waals surface area contributed by atoms with Gasteiger partial charge in [0, 0.05) is 37.0 Å². The summed E-state index contributed by atoms with van der Waals surface area (Å²) in [6, 6.07) is 7.30. The molecule has 0 saturated carbocycles.